The maximum atomic E-state index is 6.14. The van der Waals surface area contributed by atoms with E-state index in [1.807, 2.05) is 18.5 Å². The van der Waals surface area contributed by atoms with Crippen molar-refractivity contribution < 1.29 is 0 Å². The maximum Gasteiger partial charge on any atom is 0.0301 e. The molecule has 2 N–H and O–H groups in total. The Kier molecular flexibility index (Phi) is 4.08. The molecule has 0 spiro atoms. The van der Waals surface area contributed by atoms with E-state index in [9.17, 15) is 0 Å². The van der Waals surface area contributed by atoms with E-state index >= 15 is 0 Å². The average Bonchev–Trinajstić information content (AvgIpc) is 2.18. The molecule has 1 aromatic heterocycles. The summed E-state index contributed by atoms with van der Waals surface area (Å²) < 4.78 is 0. The minimum Gasteiger partial charge on any atom is -0.324 e. The number of aromatic nitrogens is 1. The summed E-state index contributed by atoms with van der Waals surface area (Å²) >= 11 is 0. The summed E-state index contributed by atoms with van der Waals surface area (Å²) in [7, 11) is 0. The van der Waals surface area contributed by atoms with Gasteiger partial charge in [0.1, 0.15) is 0 Å². The van der Waals surface area contributed by atoms with Crippen molar-refractivity contribution in [3.63, 3.8) is 0 Å². The minimum atomic E-state index is 0.160. The molecule has 2 nitrogen and oxygen atoms in total. The van der Waals surface area contributed by atoms with E-state index < -0.39 is 0 Å². The molecule has 0 amide bonds. The number of nitrogens with two attached hydrogens (primary N) is 1. The maximum absolute atomic E-state index is 6.14. The summed E-state index contributed by atoms with van der Waals surface area (Å²) in [5.74, 6) is 0.692. The lowest BCUT2D eigenvalue weighted by Crippen LogP contribution is -2.15. The second-order valence-electron chi connectivity index (χ2n) is 4.09. The third kappa shape index (κ3) is 2.81. The van der Waals surface area contributed by atoms with Gasteiger partial charge in [0.15, 0.2) is 0 Å². The predicted octanol–water partition coefficient (Wildman–Crippen LogP) is 2.83. The molecule has 14 heavy (non-hydrogen) atoms. The van der Waals surface area contributed by atoms with Crippen LogP contribution in [0.15, 0.2) is 18.5 Å². The SMILES string of the molecule is CCC(C)CC(N)c1ccncc1C. The summed E-state index contributed by atoms with van der Waals surface area (Å²) in [6.45, 7) is 6.52. The van der Waals surface area contributed by atoms with Gasteiger partial charge in [-0.15, -0.1) is 0 Å². The van der Waals surface area contributed by atoms with Gasteiger partial charge < -0.3 is 5.73 Å². The Morgan fingerprint density at radius 2 is 2.21 bits per heavy atom. The molecule has 1 aromatic rings. The van der Waals surface area contributed by atoms with Crippen LogP contribution in [-0.2, 0) is 0 Å². The first-order chi connectivity index (χ1) is 6.65. The number of aryl methyl sites for hydroxylation is 1. The van der Waals surface area contributed by atoms with Gasteiger partial charge in [-0.1, -0.05) is 20.3 Å². The van der Waals surface area contributed by atoms with E-state index in [2.05, 4.69) is 25.8 Å². The van der Waals surface area contributed by atoms with Crippen molar-refractivity contribution in [2.45, 2.75) is 39.7 Å². The zero-order valence-electron chi connectivity index (χ0n) is 9.33. The number of pyridine rings is 1. The highest BCUT2D eigenvalue weighted by molar-refractivity contribution is 5.24. The van der Waals surface area contributed by atoms with Crippen LogP contribution in [0, 0.1) is 12.8 Å². The smallest absolute Gasteiger partial charge is 0.0301 e. The molecule has 2 heteroatoms. The molecular formula is C12H20N2. The highest BCUT2D eigenvalue weighted by Crippen LogP contribution is 2.22. The minimum absolute atomic E-state index is 0.160. The predicted molar refractivity (Wildman–Crippen MR) is 60.0 cm³/mol. The Balaban J connectivity index is 2.69. The van der Waals surface area contributed by atoms with Gasteiger partial charge in [0.05, 0.1) is 0 Å². The molecule has 0 radical (unpaired) electrons. The zero-order valence-corrected chi connectivity index (χ0v) is 9.33. The molecule has 78 valence electrons. The monoisotopic (exact) mass is 192 g/mol. The van der Waals surface area contributed by atoms with E-state index in [4.69, 9.17) is 5.73 Å². The van der Waals surface area contributed by atoms with Crippen molar-refractivity contribution in [3.05, 3.63) is 29.6 Å². The standard InChI is InChI=1S/C12H20N2/c1-4-9(2)7-12(13)11-5-6-14-8-10(11)3/h5-6,8-9,12H,4,7,13H2,1-3H3. The molecule has 0 fully saturated rings. The first-order valence-electron chi connectivity index (χ1n) is 5.31. The summed E-state index contributed by atoms with van der Waals surface area (Å²) in [4.78, 5) is 4.07. The molecular weight excluding hydrogens is 172 g/mol. The van der Waals surface area contributed by atoms with Crippen LogP contribution >= 0.6 is 0 Å². The van der Waals surface area contributed by atoms with Gasteiger partial charge in [-0.05, 0) is 36.5 Å². The van der Waals surface area contributed by atoms with Crippen molar-refractivity contribution in [1.29, 1.82) is 0 Å². The first-order valence-corrected chi connectivity index (χ1v) is 5.31. The molecule has 1 heterocycles. The van der Waals surface area contributed by atoms with Crippen LogP contribution in [0.3, 0.4) is 0 Å². The van der Waals surface area contributed by atoms with Crippen molar-refractivity contribution in [2.24, 2.45) is 11.7 Å². The molecule has 1 rings (SSSR count). The highest BCUT2D eigenvalue weighted by Gasteiger charge is 2.11. The van der Waals surface area contributed by atoms with Crippen LogP contribution in [0.4, 0.5) is 0 Å². The van der Waals surface area contributed by atoms with E-state index in [1.165, 1.54) is 17.5 Å². The lowest BCUT2D eigenvalue weighted by molar-refractivity contribution is 0.460. The van der Waals surface area contributed by atoms with Crippen LogP contribution < -0.4 is 5.73 Å². The number of hydrogen-bond acceptors (Lipinski definition) is 2. The normalized spacial score (nSPS) is 15.1. The van der Waals surface area contributed by atoms with Gasteiger partial charge in [0.2, 0.25) is 0 Å². The molecule has 0 saturated heterocycles. The quantitative estimate of drug-likeness (QED) is 0.796. The van der Waals surface area contributed by atoms with Crippen LogP contribution in [0.1, 0.15) is 43.9 Å². The van der Waals surface area contributed by atoms with E-state index in [0.717, 1.165) is 6.42 Å². The van der Waals surface area contributed by atoms with Gasteiger partial charge in [0, 0.05) is 18.4 Å². The van der Waals surface area contributed by atoms with E-state index in [0.29, 0.717) is 5.92 Å². The first kappa shape index (κ1) is 11.2. The molecule has 0 aliphatic rings. The van der Waals surface area contributed by atoms with Crippen molar-refractivity contribution in [1.82, 2.24) is 4.98 Å². The van der Waals surface area contributed by atoms with E-state index in [1.54, 1.807) is 0 Å². The summed E-state index contributed by atoms with van der Waals surface area (Å²) in [5, 5.41) is 0. The van der Waals surface area contributed by atoms with Crippen molar-refractivity contribution in [2.75, 3.05) is 0 Å². The second-order valence-corrected chi connectivity index (χ2v) is 4.09. The van der Waals surface area contributed by atoms with Gasteiger partial charge in [-0.3, -0.25) is 4.98 Å². The highest BCUT2D eigenvalue weighted by atomic mass is 14.7. The lowest BCUT2D eigenvalue weighted by atomic mass is 9.93. The third-order valence-corrected chi connectivity index (χ3v) is 2.82. The van der Waals surface area contributed by atoms with Crippen LogP contribution in [0.2, 0.25) is 0 Å². The number of hydrogen-bond donors (Lipinski definition) is 1. The van der Waals surface area contributed by atoms with Crippen molar-refractivity contribution >= 4 is 0 Å². The molecule has 0 bridgehead atoms. The second kappa shape index (κ2) is 5.11. The summed E-state index contributed by atoms with van der Waals surface area (Å²) in [5.41, 5.74) is 8.58. The molecule has 0 aromatic carbocycles. The Hall–Kier alpha value is -0.890. The summed E-state index contributed by atoms with van der Waals surface area (Å²) in [6, 6.07) is 2.19. The van der Waals surface area contributed by atoms with Gasteiger partial charge in [-0.2, -0.15) is 0 Å². The Morgan fingerprint density at radius 3 is 2.79 bits per heavy atom. The Morgan fingerprint density at radius 1 is 1.50 bits per heavy atom. The van der Waals surface area contributed by atoms with Crippen LogP contribution in [0.25, 0.3) is 0 Å². The fraction of sp³-hybridized carbons (Fsp3) is 0.583. The van der Waals surface area contributed by atoms with Crippen LogP contribution in [0.5, 0.6) is 0 Å². The Labute approximate surface area is 86.5 Å². The summed E-state index contributed by atoms with van der Waals surface area (Å²) in [6.07, 6.45) is 5.95. The third-order valence-electron chi connectivity index (χ3n) is 2.82. The van der Waals surface area contributed by atoms with Crippen LogP contribution in [-0.4, -0.2) is 4.98 Å². The fourth-order valence-electron chi connectivity index (χ4n) is 1.63. The zero-order chi connectivity index (χ0) is 10.6. The molecule has 0 aliphatic carbocycles. The van der Waals surface area contributed by atoms with Gasteiger partial charge in [-0.25, -0.2) is 0 Å². The molecule has 0 saturated carbocycles. The van der Waals surface area contributed by atoms with E-state index in [-0.39, 0.29) is 6.04 Å². The van der Waals surface area contributed by atoms with Crippen molar-refractivity contribution in [3.8, 4) is 0 Å². The fourth-order valence-corrected chi connectivity index (χ4v) is 1.63. The lowest BCUT2D eigenvalue weighted by Gasteiger charge is -2.17. The van der Waals surface area contributed by atoms with Gasteiger partial charge >= 0.3 is 0 Å². The number of nitrogens with zero attached hydrogens (tertiary/aromatic N) is 1. The van der Waals surface area contributed by atoms with Gasteiger partial charge in [0.25, 0.3) is 0 Å². The topological polar surface area (TPSA) is 38.9 Å². The Bertz CT molecular complexity index is 283. The molecule has 2 unspecified atom stereocenters. The average molecular weight is 192 g/mol. The largest absolute Gasteiger partial charge is 0.324 e. The number of rotatable bonds is 4. The molecule has 2 atom stereocenters. The molecule has 0 aliphatic heterocycles.